The van der Waals surface area contributed by atoms with Crippen LogP contribution in [0.3, 0.4) is 0 Å². The molecule has 0 spiro atoms. The van der Waals surface area contributed by atoms with E-state index < -0.39 is 0 Å². The number of hydrogen-bond donors (Lipinski definition) is 2. The van der Waals surface area contributed by atoms with Crippen LogP contribution in [0, 0.1) is 12.7 Å². The Kier molecular flexibility index (Phi) is 6.14. The predicted octanol–water partition coefficient (Wildman–Crippen LogP) is 3.59. The average molecular weight is 373 g/mol. The van der Waals surface area contributed by atoms with E-state index in [0.29, 0.717) is 32.4 Å². The number of nitrogens with zero attached hydrogens (tertiary/aromatic N) is 1. The molecule has 1 aliphatic rings. The first-order chi connectivity index (χ1) is 13.0. The molecule has 0 aliphatic carbocycles. The van der Waals surface area contributed by atoms with E-state index in [1.165, 1.54) is 6.07 Å². The van der Waals surface area contributed by atoms with E-state index in [1.54, 1.807) is 6.07 Å². The fraction of sp³-hybridized carbons (Fsp3) is 0.524. The van der Waals surface area contributed by atoms with E-state index in [1.807, 2.05) is 11.8 Å². The first-order valence-corrected chi connectivity index (χ1v) is 9.83. The quantitative estimate of drug-likeness (QED) is 0.779. The van der Waals surface area contributed by atoms with E-state index in [-0.39, 0.29) is 17.6 Å². The predicted molar refractivity (Wildman–Crippen MR) is 104 cm³/mol. The minimum atomic E-state index is -0.292. The molecule has 1 aliphatic heterocycles. The maximum atomic E-state index is 14.0. The molecule has 6 heteroatoms. The molecule has 3 rings (SSSR count). The van der Waals surface area contributed by atoms with Crippen molar-refractivity contribution in [3.63, 3.8) is 0 Å². The third-order valence-electron chi connectivity index (χ3n) is 5.40. The molecule has 2 N–H and O–H groups in total. The molecule has 2 aromatic rings. The molecule has 0 radical (unpaired) electrons. The van der Waals surface area contributed by atoms with Gasteiger partial charge < -0.3 is 15.2 Å². The Morgan fingerprint density at radius 2 is 2.15 bits per heavy atom. The van der Waals surface area contributed by atoms with Crippen molar-refractivity contribution in [2.24, 2.45) is 0 Å². The molecule has 0 atom stereocenters. The molecular weight excluding hydrogens is 345 g/mol. The van der Waals surface area contributed by atoms with E-state index in [4.69, 9.17) is 0 Å². The van der Waals surface area contributed by atoms with Crippen molar-refractivity contribution in [1.29, 1.82) is 0 Å². The first-order valence-electron chi connectivity index (χ1n) is 9.83. The van der Waals surface area contributed by atoms with Crippen molar-refractivity contribution >= 4 is 22.7 Å². The molecule has 146 valence electrons. The highest BCUT2D eigenvalue weighted by atomic mass is 19.1. The summed E-state index contributed by atoms with van der Waals surface area (Å²) in [6.45, 7) is 5.77. The number of aromatic nitrogens is 1. The molecule has 27 heavy (non-hydrogen) atoms. The Hall–Kier alpha value is -2.37. The molecule has 5 nitrogen and oxygen atoms in total. The number of carbonyl (C=O) groups is 2. The smallest absolute Gasteiger partial charge is 0.222 e. The Morgan fingerprint density at radius 3 is 2.89 bits per heavy atom. The third-order valence-corrected chi connectivity index (χ3v) is 5.40. The lowest BCUT2D eigenvalue weighted by molar-refractivity contribution is -0.133. The van der Waals surface area contributed by atoms with Gasteiger partial charge in [-0.1, -0.05) is 6.92 Å². The fourth-order valence-electron chi connectivity index (χ4n) is 3.82. The topological polar surface area (TPSA) is 65.2 Å². The van der Waals surface area contributed by atoms with Crippen LogP contribution in [0.2, 0.25) is 0 Å². The number of aryl methyl sites for hydroxylation is 2. The molecule has 2 heterocycles. The van der Waals surface area contributed by atoms with Crippen LogP contribution in [-0.2, 0) is 22.6 Å². The van der Waals surface area contributed by atoms with Gasteiger partial charge in [-0.3, -0.25) is 9.59 Å². The van der Waals surface area contributed by atoms with Gasteiger partial charge in [0.25, 0.3) is 0 Å². The number of benzene rings is 1. The van der Waals surface area contributed by atoms with Gasteiger partial charge in [0.2, 0.25) is 11.8 Å². The maximum Gasteiger partial charge on any atom is 0.222 e. The normalized spacial score (nSPS) is 14.8. The summed E-state index contributed by atoms with van der Waals surface area (Å²) in [5, 5.41) is 3.76. The zero-order valence-corrected chi connectivity index (χ0v) is 16.2. The van der Waals surface area contributed by atoms with Crippen molar-refractivity contribution in [2.45, 2.75) is 58.9 Å². The number of piperidine rings is 1. The van der Waals surface area contributed by atoms with Crippen molar-refractivity contribution in [3.05, 3.63) is 34.8 Å². The second-order valence-corrected chi connectivity index (χ2v) is 7.29. The van der Waals surface area contributed by atoms with Crippen LogP contribution < -0.4 is 5.32 Å². The standard InChI is InChI=1S/C21H28FN3O2/c1-3-18-14(2)17-12-16(22)11-15(21(17)24-18)13-23-19(26)7-6-10-25-9-5-4-8-20(25)27/h11-12,24H,3-10,13H2,1-2H3,(H,23,26). The summed E-state index contributed by atoms with van der Waals surface area (Å²) in [5.74, 6) is -0.173. The van der Waals surface area contributed by atoms with Crippen LogP contribution in [0.15, 0.2) is 12.1 Å². The SMILES string of the molecule is CCc1[nH]c2c(CNC(=O)CCCN3CCCCC3=O)cc(F)cc2c1C. The zero-order chi connectivity index (χ0) is 19.4. The van der Waals surface area contributed by atoms with E-state index in [9.17, 15) is 14.0 Å². The van der Waals surface area contributed by atoms with Crippen LogP contribution in [-0.4, -0.2) is 34.8 Å². The van der Waals surface area contributed by atoms with E-state index >= 15 is 0 Å². The van der Waals surface area contributed by atoms with Gasteiger partial charge in [-0.05, 0) is 55.9 Å². The summed E-state index contributed by atoms with van der Waals surface area (Å²) >= 11 is 0. The summed E-state index contributed by atoms with van der Waals surface area (Å²) in [5.41, 5.74) is 3.80. The Balaban J connectivity index is 1.56. The highest BCUT2D eigenvalue weighted by molar-refractivity contribution is 5.87. The van der Waals surface area contributed by atoms with Gasteiger partial charge in [0.15, 0.2) is 0 Å². The Labute approximate surface area is 159 Å². The zero-order valence-electron chi connectivity index (χ0n) is 16.2. The van der Waals surface area contributed by atoms with Gasteiger partial charge in [0, 0.05) is 43.6 Å². The number of amides is 2. The van der Waals surface area contributed by atoms with Crippen LogP contribution >= 0.6 is 0 Å². The van der Waals surface area contributed by atoms with Gasteiger partial charge in [0.1, 0.15) is 5.82 Å². The largest absolute Gasteiger partial charge is 0.358 e. The summed E-state index contributed by atoms with van der Waals surface area (Å²) in [6, 6.07) is 3.02. The maximum absolute atomic E-state index is 14.0. The summed E-state index contributed by atoms with van der Waals surface area (Å²) < 4.78 is 14.0. The number of halogens is 1. The molecular formula is C21H28FN3O2. The number of nitrogens with one attached hydrogen (secondary N) is 2. The summed E-state index contributed by atoms with van der Waals surface area (Å²) in [6.07, 6.45) is 4.50. The average Bonchev–Trinajstić information content (AvgIpc) is 2.97. The highest BCUT2D eigenvalue weighted by Crippen LogP contribution is 2.26. The lowest BCUT2D eigenvalue weighted by Crippen LogP contribution is -2.36. The number of likely N-dealkylation sites (tertiary alicyclic amines) is 1. The van der Waals surface area contributed by atoms with Crippen LogP contribution in [0.5, 0.6) is 0 Å². The van der Waals surface area contributed by atoms with Gasteiger partial charge >= 0.3 is 0 Å². The van der Waals surface area contributed by atoms with Crippen LogP contribution in [0.25, 0.3) is 10.9 Å². The third kappa shape index (κ3) is 4.49. The fourth-order valence-corrected chi connectivity index (χ4v) is 3.82. The van der Waals surface area contributed by atoms with Crippen LogP contribution in [0.1, 0.15) is 55.8 Å². The Bertz CT molecular complexity index is 844. The molecule has 1 aromatic heterocycles. The molecule has 1 fully saturated rings. The van der Waals surface area contributed by atoms with Crippen LogP contribution in [0.4, 0.5) is 4.39 Å². The minimum absolute atomic E-state index is 0.0733. The monoisotopic (exact) mass is 373 g/mol. The van der Waals surface area contributed by atoms with Gasteiger partial charge in [0.05, 0.1) is 5.52 Å². The number of rotatable bonds is 7. The Morgan fingerprint density at radius 1 is 1.33 bits per heavy atom. The molecule has 0 bridgehead atoms. The summed E-state index contributed by atoms with van der Waals surface area (Å²) in [4.78, 5) is 29.2. The number of carbonyl (C=O) groups excluding carboxylic acids is 2. The molecule has 1 saturated heterocycles. The lowest BCUT2D eigenvalue weighted by atomic mass is 10.1. The molecule has 0 saturated carbocycles. The molecule has 2 amide bonds. The summed E-state index contributed by atoms with van der Waals surface area (Å²) in [7, 11) is 0. The van der Waals surface area contributed by atoms with E-state index in [2.05, 4.69) is 17.2 Å². The van der Waals surface area contributed by atoms with E-state index in [0.717, 1.165) is 53.5 Å². The first kappa shape index (κ1) is 19.4. The molecule has 1 aromatic carbocycles. The van der Waals surface area contributed by atoms with Gasteiger partial charge in [-0.15, -0.1) is 0 Å². The van der Waals surface area contributed by atoms with Gasteiger partial charge in [-0.2, -0.15) is 0 Å². The van der Waals surface area contributed by atoms with Gasteiger partial charge in [-0.25, -0.2) is 4.39 Å². The number of aromatic amines is 1. The number of fused-ring (bicyclic) bond motifs is 1. The second-order valence-electron chi connectivity index (χ2n) is 7.29. The number of H-pyrrole nitrogens is 1. The highest BCUT2D eigenvalue weighted by Gasteiger charge is 2.18. The van der Waals surface area contributed by atoms with Crippen molar-refractivity contribution in [1.82, 2.24) is 15.2 Å². The number of hydrogen-bond acceptors (Lipinski definition) is 2. The minimum Gasteiger partial charge on any atom is -0.358 e. The van der Waals surface area contributed by atoms with Crippen molar-refractivity contribution in [3.8, 4) is 0 Å². The van der Waals surface area contributed by atoms with Crippen molar-refractivity contribution in [2.75, 3.05) is 13.1 Å². The lowest BCUT2D eigenvalue weighted by Gasteiger charge is -2.26. The van der Waals surface area contributed by atoms with Crippen molar-refractivity contribution < 1.29 is 14.0 Å². The molecule has 0 unspecified atom stereocenters. The second kappa shape index (κ2) is 8.55.